The Balaban J connectivity index is 1.80. The third-order valence-corrected chi connectivity index (χ3v) is 4.51. The predicted octanol–water partition coefficient (Wildman–Crippen LogP) is 3.35. The van der Waals surface area contributed by atoms with Crippen LogP contribution < -0.4 is 10.6 Å². The van der Waals surface area contributed by atoms with Crippen LogP contribution in [0.5, 0.6) is 0 Å². The van der Waals surface area contributed by atoms with E-state index in [1.807, 2.05) is 0 Å². The molecule has 0 unspecified atom stereocenters. The van der Waals surface area contributed by atoms with Gasteiger partial charge in [-0.15, -0.1) is 0 Å². The first-order valence-corrected chi connectivity index (χ1v) is 8.20. The van der Waals surface area contributed by atoms with Gasteiger partial charge < -0.3 is 10.6 Å². The molecule has 0 heterocycles. The molecule has 21 heavy (non-hydrogen) atoms. The summed E-state index contributed by atoms with van der Waals surface area (Å²) in [6.45, 7) is 6.03. The number of aryl methyl sites for hydroxylation is 1. The van der Waals surface area contributed by atoms with Crippen molar-refractivity contribution < 1.29 is 4.79 Å². The van der Waals surface area contributed by atoms with Crippen molar-refractivity contribution in [2.45, 2.75) is 71.0 Å². The molecule has 3 nitrogen and oxygen atoms in total. The smallest absolute Gasteiger partial charge is 0.217 e. The van der Waals surface area contributed by atoms with Crippen LogP contribution in [0.25, 0.3) is 0 Å². The maximum absolute atomic E-state index is 11.1. The van der Waals surface area contributed by atoms with E-state index in [-0.39, 0.29) is 5.91 Å². The first-order chi connectivity index (χ1) is 10.1. The Labute approximate surface area is 128 Å². The van der Waals surface area contributed by atoms with Crippen LogP contribution in [0.4, 0.5) is 0 Å². The maximum atomic E-state index is 11.1. The molecule has 0 aliphatic heterocycles. The molecule has 1 saturated carbocycles. The summed E-state index contributed by atoms with van der Waals surface area (Å²) in [5.74, 6) is 0.0933. The highest BCUT2D eigenvalue weighted by atomic mass is 16.1. The summed E-state index contributed by atoms with van der Waals surface area (Å²) in [6, 6.07) is 10.2. The largest absolute Gasteiger partial charge is 0.354 e. The fourth-order valence-corrected chi connectivity index (χ4v) is 3.18. The zero-order valence-electron chi connectivity index (χ0n) is 13.5. The van der Waals surface area contributed by atoms with Gasteiger partial charge in [0.25, 0.3) is 0 Å². The first kappa shape index (κ1) is 16.0. The monoisotopic (exact) mass is 288 g/mol. The van der Waals surface area contributed by atoms with E-state index in [0.717, 1.165) is 32.1 Å². The molecule has 3 heteroatoms. The SMILES string of the molecule is CCc1ccc([C@@H](C)NC2CCC(NC(C)=O)CC2)cc1. The number of rotatable bonds is 5. The lowest BCUT2D eigenvalue weighted by atomic mass is 9.90. The van der Waals surface area contributed by atoms with Crippen molar-refractivity contribution in [1.82, 2.24) is 10.6 Å². The van der Waals surface area contributed by atoms with Crippen LogP contribution in [0.2, 0.25) is 0 Å². The molecule has 0 spiro atoms. The number of hydrogen-bond acceptors (Lipinski definition) is 2. The normalized spacial score (nSPS) is 23.6. The van der Waals surface area contributed by atoms with Crippen LogP contribution >= 0.6 is 0 Å². The molecule has 1 amide bonds. The van der Waals surface area contributed by atoms with Crippen LogP contribution in [-0.4, -0.2) is 18.0 Å². The number of nitrogens with one attached hydrogen (secondary N) is 2. The Kier molecular flexibility index (Phi) is 5.80. The Morgan fingerprint density at radius 3 is 2.24 bits per heavy atom. The standard InChI is InChI=1S/C18H28N2O/c1-4-15-5-7-16(8-6-15)13(2)19-17-9-11-18(12-10-17)20-14(3)21/h5-8,13,17-19H,4,9-12H2,1-3H3,(H,20,21)/t13-,17?,18?/m1/s1. The van der Waals surface area contributed by atoms with E-state index in [0.29, 0.717) is 18.1 Å². The van der Waals surface area contributed by atoms with Gasteiger partial charge in [0.15, 0.2) is 0 Å². The molecule has 1 aliphatic carbocycles. The van der Waals surface area contributed by atoms with Crippen LogP contribution in [0.3, 0.4) is 0 Å². The fraction of sp³-hybridized carbons (Fsp3) is 0.611. The highest BCUT2D eigenvalue weighted by Gasteiger charge is 2.22. The van der Waals surface area contributed by atoms with Crippen molar-refractivity contribution in [3.8, 4) is 0 Å². The second-order valence-electron chi connectivity index (χ2n) is 6.23. The first-order valence-electron chi connectivity index (χ1n) is 8.20. The van der Waals surface area contributed by atoms with Gasteiger partial charge in [0, 0.05) is 25.0 Å². The summed E-state index contributed by atoms with van der Waals surface area (Å²) in [5, 5.41) is 6.77. The number of carbonyl (C=O) groups excluding carboxylic acids is 1. The lowest BCUT2D eigenvalue weighted by molar-refractivity contribution is -0.119. The molecule has 0 bridgehead atoms. The average molecular weight is 288 g/mol. The molecular weight excluding hydrogens is 260 g/mol. The van der Waals surface area contributed by atoms with Gasteiger partial charge in [-0.3, -0.25) is 4.79 Å². The van der Waals surface area contributed by atoms with Crippen molar-refractivity contribution in [3.63, 3.8) is 0 Å². The minimum absolute atomic E-state index is 0.0933. The summed E-state index contributed by atoms with van der Waals surface area (Å²) < 4.78 is 0. The van der Waals surface area contributed by atoms with Crippen molar-refractivity contribution in [2.24, 2.45) is 0 Å². The van der Waals surface area contributed by atoms with Gasteiger partial charge in [0.2, 0.25) is 5.91 Å². The Morgan fingerprint density at radius 1 is 1.14 bits per heavy atom. The third kappa shape index (κ3) is 4.85. The third-order valence-electron chi connectivity index (χ3n) is 4.51. The van der Waals surface area contributed by atoms with Crippen molar-refractivity contribution in [3.05, 3.63) is 35.4 Å². The van der Waals surface area contributed by atoms with E-state index in [9.17, 15) is 4.79 Å². The summed E-state index contributed by atoms with van der Waals surface area (Å²) in [4.78, 5) is 11.1. The molecule has 1 aliphatic rings. The summed E-state index contributed by atoms with van der Waals surface area (Å²) in [5.41, 5.74) is 2.75. The highest BCUT2D eigenvalue weighted by molar-refractivity contribution is 5.73. The van der Waals surface area contributed by atoms with Gasteiger partial charge >= 0.3 is 0 Å². The van der Waals surface area contributed by atoms with Gasteiger partial charge in [0.05, 0.1) is 0 Å². The molecule has 2 rings (SSSR count). The number of benzene rings is 1. The van der Waals surface area contributed by atoms with Gasteiger partial charge in [-0.1, -0.05) is 31.2 Å². The summed E-state index contributed by atoms with van der Waals surface area (Å²) in [6.07, 6.45) is 5.54. The molecule has 116 valence electrons. The molecule has 1 aromatic rings. The molecule has 1 aromatic carbocycles. The van der Waals surface area contributed by atoms with Crippen LogP contribution in [0.15, 0.2) is 24.3 Å². The Bertz CT molecular complexity index is 447. The van der Waals surface area contributed by atoms with E-state index >= 15 is 0 Å². The maximum Gasteiger partial charge on any atom is 0.217 e. The zero-order chi connectivity index (χ0) is 15.2. The average Bonchev–Trinajstić information content (AvgIpc) is 2.49. The number of hydrogen-bond donors (Lipinski definition) is 2. The second-order valence-corrected chi connectivity index (χ2v) is 6.23. The molecule has 0 saturated heterocycles. The van der Waals surface area contributed by atoms with E-state index in [2.05, 4.69) is 48.7 Å². The quantitative estimate of drug-likeness (QED) is 0.872. The number of carbonyl (C=O) groups is 1. The van der Waals surface area contributed by atoms with Crippen molar-refractivity contribution >= 4 is 5.91 Å². The Hall–Kier alpha value is -1.35. The van der Waals surface area contributed by atoms with E-state index < -0.39 is 0 Å². The van der Waals surface area contributed by atoms with E-state index in [4.69, 9.17) is 0 Å². The van der Waals surface area contributed by atoms with E-state index in [1.54, 1.807) is 6.92 Å². The Morgan fingerprint density at radius 2 is 1.71 bits per heavy atom. The molecular formula is C18H28N2O. The summed E-state index contributed by atoms with van der Waals surface area (Å²) in [7, 11) is 0. The highest BCUT2D eigenvalue weighted by Crippen LogP contribution is 2.22. The van der Waals surface area contributed by atoms with Gasteiger partial charge in [-0.2, -0.15) is 0 Å². The van der Waals surface area contributed by atoms with Crippen LogP contribution in [0, 0.1) is 0 Å². The second kappa shape index (κ2) is 7.60. The minimum Gasteiger partial charge on any atom is -0.354 e. The van der Waals surface area contributed by atoms with Gasteiger partial charge in [-0.05, 0) is 50.2 Å². The molecule has 1 atom stereocenters. The van der Waals surface area contributed by atoms with Gasteiger partial charge in [0.1, 0.15) is 0 Å². The lowest BCUT2D eigenvalue weighted by Crippen LogP contribution is -2.42. The minimum atomic E-state index is 0.0933. The van der Waals surface area contributed by atoms with Crippen molar-refractivity contribution in [2.75, 3.05) is 0 Å². The van der Waals surface area contributed by atoms with Crippen LogP contribution in [0.1, 0.15) is 63.6 Å². The zero-order valence-corrected chi connectivity index (χ0v) is 13.5. The lowest BCUT2D eigenvalue weighted by Gasteiger charge is -2.31. The van der Waals surface area contributed by atoms with E-state index in [1.165, 1.54) is 11.1 Å². The molecule has 2 N–H and O–H groups in total. The number of amides is 1. The molecule has 0 aromatic heterocycles. The topological polar surface area (TPSA) is 41.1 Å². The molecule has 0 radical (unpaired) electrons. The van der Waals surface area contributed by atoms with Crippen LogP contribution in [-0.2, 0) is 11.2 Å². The predicted molar refractivity (Wildman–Crippen MR) is 87.2 cm³/mol. The molecule has 1 fully saturated rings. The fourth-order valence-electron chi connectivity index (χ4n) is 3.18. The van der Waals surface area contributed by atoms with Crippen molar-refractivity contribution in [1.29, 1.82) is 0 Å². The summed E-state index contributed by atoms with van der Waals surface area (Å²) >= 11 is 0. The van der Waals surface area contributed by atoms with Gasteiger partial charge in [-0.25, -0.2) is 0 Å².